The predicted molar refractivity (Wildman–Crippen MR) is 58.7 cm³/mol. The first-order chi connectivity index (χ1) is 7.40. The van der Waals surface area contributed by atoms with Gasteiger partial charge >= 0.3 is 0 Å². The van der Waals surface area contributed by atoms with Crippen molar-refractivity contribution in [2.75, 3.05) is 31.1 Å². The minimum absolute atomic E-state index is 0.629. The number of anilines is 1. The van der Waals surface area contributed by atoms with Crippen LogP contribution in [-0.4, -0.2) is 31.2 Å². The first-order valence-corrected chi connectivity index (χ1v) is 5.21. The van der Waals surface area contributed by atoms with Crippen molar-refractivity contribution in [1.29, 1.82) is 5.26 Å². The Morgan fingerprint density at radius 3 is 3.13 bits per heavy atom. The summed E-state index contributed by atoms with van der Waals surface area (Å²) >= 11 is 0. The van der Waals surface area contributed by atoms with Crippen molar-refractivity contribution in [3.8, 4) is 6.07 Å². The van der Waals surface area contributed by atoms with Crippen LogP contribution in [0.5, 0.6) is 0 Å². The topological polar surface area (TPSA) is 52.0 Å². The summed E-state index contributed by atoms with van der Waals surface area (Å²) in [6.45, 7) is 4.08. The maximum atomic E-state index is 8.80. The summed E-state index contributed by atoms with van der Waals surface area (Å²) in [5.74, 6) is 0. The maximum Gasteiger partial charge on any atom is 0.101 e. The summed E-state index contributed by atoms with van der Waals surface area (Å²) in [7, 11) is 0. The molecule has 1 N–H and O–H groups in total. The molecular weight excluding hydrogens is 188 g/mol. The summed E-state index contributed by atoms with van der Waals surface area (Å²) in [5, 5.41) is 12.1. The standard InChI is InChI=1S/C11H14N4/c12-7-10-6-11(9-14-8-10)15-4-1-2-13-3-5-15/h6,8-9,13H,1-5H2. The Labute approximate surface area is 89.5 Å². The Kier molecular flexibility index (Phi) is 3.15. The Bertz CT molecular complexity index is 361. The lowest BCUT2D eigenvalue weighted by molar-refractivity contribution is 0.724. The van der Waals surface area contributed by atoms with Crippen LogP contribution in [0.15, 0.2) is 18.5 Å². The molecule has 0 amide bonds. The lowest BCUT2D eigenvalue weighted by Gasteiger charge is -2.21. The molecule has 4 heteroatoms. The van der Waals surface area contributed by atoms with E-state index >= 15 is 0 Å². The van der Waals surface area contributed by atoms with Crippen LogP contribution in [0.1, 0.15) is 12.0 Å². The maximum absolute atomic E-state index is 8.80. The van der Waals surface area contributed by atoms with E-state index in [-0.39, 0.29) is 0 Å². The minimum atomic E-state index is 0.629. The molecule has 4 nitrogen and oxygen atoms in total. The number of nitrogens with zero attached hydrogens (tertiary/aromatic N) is 3. The van der Waals surface area contributed by atoms with Crippen molar-refractivity contribution in [2.24, 2.45) is 0 Å². The molecule has 0 aromatic carbocycles. The average Bonchev–Trinajstić information content (AvgIpc) is 2.58. The predicted octanol–water partition coefficient (Wildman–Crippen LogP) is 0.753. The molecule has 1 saturated heterocycles. The Morgan fingerprint density at radius 1 is 1.33 bits per heavy atom. The second kappa shape index (κ2) is 4.76. The SMILES string of the molecule is N#Cc1cncc(N2CCCNCC2)c1. The lowest BCUT2D eigenvalue weighted by Crippen LogP contribution is -2.27. The quantitative estimate of drug-likeness (QED) is 0.730. The van der Waals surface area contributed by atoms with E-state index < -0.39 is 0 Å². The van der Waals surface area contributed by atoms with Crippen LogP contribution in [0.3, 0.4) is 0 Å². The van der Waals surface area contributed by atoms with Gasteiger partial charge in [0, 0.05) is 25.8 Å². The number of pyridine rings is 1. The third-order valence-corrected chi connectivity index (χ3v) is 2.56. The fourth-order valence-electron chi connectivity index (χ4n) is 1.77. The average molecular weight is 202 g/mol. The fourth-order valence-corrected chi connectivity index (χ4v) is 1.77. The van der Waals surface area contributed by atoms with Gasteiger partial charge in [-0.15, -0.1) is 0 Å². The Morgan fingerprint density at radius 2 is 2.27 bits per heavy atom. The third kappa shape index (κ3) is 2.45. The van der Waals surface area contributed by atoms with Crippen LogP contribution in [0, 0.1) is 11.3 Å². The highest BCUT2D eigenvalue weighted by atomic mass is 15.2. The molecule has 1 aromatic heterocycles. The Balaban J connectivity index is 2.16. The number of aromatic nitrogens is 1. The summed E-state index contributed by atoms with van der Waals surface area (Å²) in [6, 6.07) is 4.02. The van der Waals surface area contributed by atoms with Crippen LogP contribution in [0.25, 0.3) is 0 Å². The molecule has 0 radical (unpaired) electrons. The minimum Gasteiger partial charge on any atom is -0.369 e. The molecule has 0 atom stereocenters. The van der Waals surface area contributed by atoms with Gasteiger partial charge in [-0.2, -0.15) is 5.26 Å². The molecule has 0 bridgehead atoms. The molecule has 0 aliphatic carbocycles. The van der Waals surface area contributed by atoms with Gasteiger partial charge in [-0.25, -0.2) is 0 Å². The van der Waals surface area contributed by atoms with Crippen molar-refractivity contribution in [3.63, 3.8) is 0 Å². The zero-order valence-corrected chi connectivity index (χ0v) is 8.61. The highest BCUT2D eigenvalue weighted by Gasteiger charge is 2.09. The number of hydrogen-bond donors (Lipinski definition) is 1. The van der Waals surface area contributed by atoms with Crippen LogP contribution in [0.4, 0.5) is 5.69 Å². The molecule has 0 unspecified atom stereocenters. The first-order valence-electron chi connectivity index (χ1n) is 5.21. The van der Waals surface area contributed by atoms with Gasteiger partial charge in [0.05, 0.1) is 17.4 Å². The zero-order chi connectivity index (χ0) is 10.5. The molecule has 78 valence electrons. The van der Waals surface area contributed by atoms with Gasteiger partial charge in [-0.05, 0) is 19.0 Å². The van der Waals surface area contributed by atoms with Gasteiger partial charge in [0.15, 0.2) is 0 Å². The summed E-state index contributed by atoms with van der Waals surface area (Å²) in [4.78, 5) is 6.35. The highest BCUT2D eigenvalue weighted by molar-refractivity contribution is 5.49. The van der Waals surface area contributed by atoms with E-state index in [4.69, 9.17) is 5.26 Å². The smallest absolute Gasteiger partial charge is 0.101 e. The van der Waals surface area contributed by atoms with Gasteiger partial charge < -0.3 is 10.2 Å². The highest BCUT2D eigenvalue weighted by Crippen LogP contribution is 2.14. The Hall–Kier alpha value is -1.60. The van der Waals surface area contributed by atoms with E-state index in [0.29, 0.717) is 5.56 Å². The van der Waals surface area contributed by atoms with Crippen molar-refractivity contribution in [2.45, 2.75) is 6.42 Å². The number of rotatable bonds is 1. The normalized spacial score (nSPS) is 16.9. The van der Waals surface area contributed by atoms with E-state index in [1.165, 1.54) is 0 Å². The molecule has 2 rings (SSSR count). The van der Waals surface area contributed by atoms with E-state index in [9.17, 15) is 0 Å². The lowest BCUT2D eigenvalue weighted by atomic mass is 10.2. The van der Waals surface area contributed by atoms with Crippen LogP contribution in [-0.2, 0) is 0 Å². The van der Waals surface area contributed by atoms with E-state index in [0.717, 1.165) is 38.3 Å². The van der Waals surface area contributed by atoms with Gasteiger partial charge in [0.25, 0.3) is 0 Å². The van der Waals surface area contributed by atoms with Gasteiger partial charge in [-0.3, -0.25) is 4.98 Å². The second-order valence-electron chi connectivity index (χ2n) is 3.63. The van der Waals surface area contributed by atoms with Crippen LogP contribution < -0.4 is 10.2 Å². The molecule has 1 fully saturated rings. The number of nitriles is 1. The van der Waals surface area contributed by atoms with Crippen molar-refractivity contribution in [3.05, 3.63) is 24.0 Å². The molecule has 1 aromatic rings. The van der Waals surface area contributed by atoms with E-state index in [1.54, 1.807) is 6.20 Å². The fraction of sp³-hybridized carbons (Fsp3) is 0.455. The van der Waals surface area contributed by atoms with Crippen molar-refractivity contribution in [1.82, 2.24) is 10.3 Å². The number of hydrogen-bond acceptors (Lipinski definition) is 4. The largest absolute Gasteiger partial charge is 0.369 e. The van der Waals surface area contributed by atoms with Gasteiger partial charge in [0.2, 0.25) is 0 Å². The van der Waals surface area contributed by atoms with Crippen LogP contribution in [0.2, 0.25) is 0 Å². The molecular formula is C11H14N4. The molecule has 1 aliphatic heterocycles. The van der Waals surface area contributed by atoms with E-state index in [2.05, 4.69) is 21.3 Å². The number of nitrogens with one attached hydrogen (secondary N) is 1. The monoisotopic (exact) mass is 202 g/mol. The summed E-state index contributed by atoms with van der Waals surface area (Å²) in [6.07, 6.45) is 4.56. The second-order valence-corrected chi connectivity index (χ2v) is 3.63. The zero-order valence-electron chi connectivity index (χ0n) is 8.61. The molecule has 0 spiro atoms. The van der Waals surface area contributed by atoms with Crippen LogP contribution >= 0.6 is 0 Å². The molecule has 1 aliphatic rings. The van der Waals surface area contributed by atoms with Gasteiger partial charge in [0.1, 0.15) is 6.07 Å². The van der Waals surface area contributed by atoms with Crippen molar-refractivity contribution >= 4 is 5.69 Å². The molecule has 2 heterocycles. The van der Waals surface area contributed by atoms with Gasteiger partial charge in [-0.1, -0.05) is 0 Å². The summed E-state index contributed by atoms with van der Waals surface area (Å²) < 4.78 is 0. The molecule has 15 heavy (non-hydrogen) atoms. The first kappa shape index (κ1) is 9.94. The summed E-state index contributed by atoms with van der Waals surface area (Å²) in [5.41, 5.74) is 1.68. The third-order valence-electron chi connectivity index (χ3n) is 2.56. The van der Waals surface area contributed by atoms with Crippen molar-refractivity contribution < 1.29 is 0 Å². The van der Waals surface area contributed by atoms with E-state index in [1.807, 2.05) is 12.3 Å². The molecule has 0 saturated carbocycles.